The molecule has 11 heteroatoms. The summed E-state index contributed by atoms with van der Waals surface area (Å²) >= 11 is 0. The summed E-state index contributed by atoms with van der Waals surface area (Å²) in [6.07, 6.45) is -3.78. The maximum atomic E-state index is 13.9. The third-order valence-corrected chi connectivity index (χ3v) is 7.78. The van der Waals surface area contributed by atoms with Crippen LogP contribution in [0.1, 0.15) is 43.7 Å². The standard InChI is InChI=1S/C30H37F3N4O4/c1-28(2,34)26(39)35-24(18-41-17-21-10-5-3-6-11-21)25(38)36-15-9-14-29(19-36)23(22-12-7-4-8-13-22)16-37(27(29)40)20-30(31,32)33/h3-8,10-13,23-24H,9,14-20,34H2,1-2H3,(H,35,39). The van der Waals surface area contributed by atoms with Crippen LogP contribution in [-0.2, 0) is 25.7 Å². The second kappa shape index (κ2) is 12.2. The van der Waals surface area contributed by atoms with Gasteiger partial charge in [-0.25, -0.2) is 0 Å². The average molecular weight is 575 g/mol. The number of nitrogens with one attached hydrogen (secondary N) is 1. The Morgan fingerprint density at radius 3 is 2.34 bits per heavy atom. The molecule has 0 radical (unpaired) electrons. The lowest BCUT2D eigenvalue weighted by molar-refractivity contribution is -0.163. The van der Waals surface area contributed by atoms with E-state index in [9.17, 15) is 27.6 Å². The second-order valence-electron chi connectivity index (χ2n) is 11.5. The Hall–Kier alpha value is -3.44. The SMILES string of the molecule is CC(C)(N)C(=O)NC(COCc1ccccc1)C(=O)N1CCCC2(C1)C(=O)N(CC(F)(F)F)CC2c1ccccc1. The highest BCUT2D eigenvalue weighted by molar-refractivity contribution is 5.93. The van der Waals surface area contributed by atoms with Crippen LogP contribution < -0.4 is 11.1 Å². The normalized spacial score (nSPS) is 22.2. The molecule has 0 saturated carbocycles. The van der Waals surface area contributed by atoms with E-state index >= 15 is 0 Å². The van der Waals surface area contributed by atoms with Crippen molar-refractivity contribution in [3.63, 3.8) is 0 Å². The number of nitrogens with two attached hydrogens (primary N) is 1. The summed E-state index contributed by atoms with van der Waals surface area (Å²) in [7, 11) is 0. The van der Waals surface area contributed by atoms with Crippen molar-refractivity contribution < 1.29 is 32.3 Å². The first kappa shape index (κ1) is 30.5. The van der Waals surface area contributed by atoms with E-state index in [0.29, 0.717) is 19.4 Å². The summed E-state index contributed by atoms with van der Waals surface area (Å²) in [5.74, 6) is -2.16. The molecule has 0 aromatic heterocycles. The lowest BCUT2D eigenvalue weighted by Crippen LogP contribution is -2.60. The summed E-state index contributed by atoms with van der Waals surface area (Å²) in [5, 5.41) is 2.69. The first-order valence-corrected chi connectivity index (χ1v) is 13.7. The van der Waals surface area contributed by atoms with Crippen molar-refractivity contribution in [2.45, 2.75) is 57.0 Å². The first-order chi connectivity index (χ1) is 19.3. The number of hydrogen-bond donors (Lipinski definition) is 2. The van der Waals surface area contributed by atoms with Gasteiger partial charge in [-0.05, 0) is 37.8 Å². The Bertz CT molecular complexity index is 1220. The fraction of sp³-hybridized carbons (Fsp3) is 0.500. The molecule has 0 bridgehead atoms. The minimum Gasteiger partial charge on any atom is -0.374 e. The maximum absolute atomic E-state index is 13.9. The average Bonchev–Trinajstić information content (AvgIpc) is 3.17. The Balaban J connectivity index is 1.58. The Morgan fingerprint density at radius 1 is 1.10 bits per heavy atom. The van der Waals surface area contributed by atoms with E-state index in [1.165, 1.54) is 18.7 Å². The molecule has 3 atom stereocenters. The van der Waals surface area contributed by atoms with E-state index in [0.717, 1.165) is 16.0 Å². The van der Waals surface area contributed by atoms with E-state index in [1.54, 1.807) is 30.3 Å². The van der Waals surface area contributed by atoms with Crippen molar-refractivity contribution in [2.24, 2.45) is 11.1 Å². The minimum atomic E-state index is -4.55. The van der Waals surface area contributed by atoms with Crippen LogP contribution in [0, 0.1) is 5.41 Å². The quantitative estimate of drug-likeness (QED) is 0.479. The minimum absolute atomic E-state index is 0.0599. The van der Waals surface area contributed by atoms with Crippen LogP contribution in [0.15, 0.2) is 60.7 Å². The number of rotatable bonds is 9. The fourth-order valence-corrected chi connectivity index (χ4v) is 5.74. The first-order valence-electron chi connectivity index (χ1n) is 13.7. The Kier molecular flexibility index (Phi) is 9.08. The van der Waals surface area contributed by atoms with E-state index in [4.69, 9.17) is 10.5 Å². The Morgan fingerprint density at radius 2 is 1.73 bits per heavy atom. The number of piperidine rings is 1. The van der Waals surface area contributed by atoms with E-state index in [-0.39, 0.29) is 26.3 Å². The van der Waals surface area contributed by atoms with Crippen molar-refractivity contribution in [3.8, 4) is 0 Å². The van der Waals surface area contributed by atoms with E-state index in [1.807, 2.05) is 30.3 Å². The fourth-order valence-electron chi connectivity index (χ4n) is 5.74. The lowest BCUT2D eigenvalue weighted by Gasteiger charge is -2.43. The van der Waals surface area contributed by atoms with Crippen LogP contribution in [0.4, 0.5) is 13.2 Å². The Labute approximate surface area is 238 Å². The molecular weight excluding hydrogens is 537 g/mol. The molecule has 3 amide bonds. The number of amides is 3. The number of alkyl halides is 3. The van der Waals surface area contributed by atoms with Crippen molar-refractivity contribution in [1.82, 2.24) is 15.1 Å². The van der Waals surface area contributed by atoms with Gasteiger partial charge < -0.3 is 25.6 Å². The smallest absolute Gasteiger partial charge is 0.374 e. The third-order valence-electron chi connectivity index (χ3n) is 7.78. The predicted octanol–water partition coefficient (Wildman–Crippen LogP) is 3.22. The molecule has 2 fully saturated rings. The summed E-state index contributed by atoms with van der Waals surface area (Å²) < 4.78 is 46.0. The van der Waals surface area contributed by atoms with Gasteiger partial charge in [0.25, 0.3) is 0 Å². The van der Waals surface area contributed by atoms with E-state index < -0.39 is 53.4 Å². The summed E-state index contributed by atoms with van der Waals surface area (Å²) in [5.41, 5.74) is 5.12. The van der Waals surface area contributed by atoms with Crippen LogP contribution in [-0.4, -0.2) is 78.1 Å². The molecule has 4 rings (SSSR count). The molecule has 2 aromatic carbocycles. The van der Waals surface area contributed by atoms with E-state index in [2.05, 4.69) is 5.32 Å². The highest BCUT2D eigenvalue weighted by Gasteiger charge is 2.58. The summed E-state index contributed by atoms with van der Waals surface area (Å²) in [6.45, 7) is 1.89. The predicted molar refractivity (Wildman–Crippen MR) is 146 cm³/mol. The molecule has 41 heavy (non-hydrogen) atoms. The molecule has 8 nitrogen and oxygen atoms in total. The van der Waals surface area contributed by atoms with Gasteiger partial charge in [-0.1, -0.05) is 60.7 Å². The second-order valence-corrected chi connectivity index (χ2v) is 11.5. The van der Waals surface area contributed by atoms with Crippen molar-refractivity contribution in [3.05, 3.63) is 71.8 Å². The van der Waals surface area contributed by atoms with Crippen LogP contribution in [0.2, 0.25) is 0 Å². The number of nitrogens with zero attached hydrogens (tertiary/aromatic N) is 2. The molecule has 1 spiro atoms. The molecule has 2 aliphatic rings. The number of hydrogen-bond acceptors (Lipinski definition) is 5. The molecule has 222 valence electrons. The van der Waals surface area contributed by atoms with Gasteiger partial charge in [0.2, 0.25) is 17.7 Å². The number of ether oxygens (including phenoxy) is 1. The van der Waals surface area contributed by atoms with Gasteiger partial charge in [-0.15, -0.1) is 0 Å². The monoisotopic (exact) mass is 574 g/mol. The molecule has 2 aliphatic heterocycles. The number of carbonyl (C=O) groups is 3. The molecule has 2 saturated heterocycles. The summed E-state index contributed by atoms with van der Waals surface area (Å²) in [4.78, 5) is 42.7. The number of likely N-dealkylation sites (tertiary alicyclic amines) is 2. The van der Waals surface area contributed by atoms with Crippen molar-refractivity contribution >= 4 is 17.7 Å². The zero-order valence-corrected chi connectivity index (χ0v) is 23.3. The zero-order valence-electron chi connectivity index (χ0n) is 23.3. The number of benzene rings is 2. The van der Waals surface area contributed by atoms with Gasteiger partial charge in [-0.2, -0.15) is 13.2 Å². The molecule has 0 aliphatic carbocycles. The van der Waals surface area contributed by atoms with Crippen LogP contribution in [0.3, 0.4) is 0 Å². The van der Waals surface area contributed by atoms with Crippen molar-refractivity contribution in [2.75, 3.05) is 32.8 Å². The number of carbonyl (C=O) groups excluding carboxylic acids is 3. The van der Waals surface area contributed by atoms with Gasteiger partial charge in [0, 0.05) is 25.6 Å². The van der Waals surface area contributed by atoms with Crippen molar-refractivity contribution in [1.29, 1.82) is 0 Å². The van der Waals surface area contributed by atoms with Gasteiger partial charge in [0.05, 0.1) is 24.2 Å². The van der Waals surface area contributed by atoms with Gasteiger partial charge in [0.15, 0.2) is 0 Å². The number of halogens is 3. The molecular formula is C30H37F3N4O4. The molecule has 3 N–H and O–H groups in total. The highest BCUT2D eigenvalue weighted by Crippen LogP contribution is 2.50. The zero-order chi connectivity index (χ0) is 29.8. The maximum Gasteiger partial charge on any atom is 0.406 e. The van der Waals surface area contributed by atoms with Crippen LogP contribution in [0.25, 0.3) is 0 Å². The summed E-state index contributed by atoms with van der Waals surface area (Å²) in [6, 6.07) is 17.2. The van der Waals surface area contributed by atoms with Gasteiger partial charge in [0.1, 0.15) is 12.6 Å². The van der Waals surface area contributed by atoms with Gasteiger partial charge >= 0.3 is 6.18 Å². The topological polar surface area (TPSA) is 105 Å². The molecule has 2 heterocycles. The van der Waals surface area contributed by atoms with Gasteiger partial charge in [-0.3, -0.25) is 14.4 Å². The van der Waals surface area contributed by atoms with Crippen LogP contribution >= 0.6 is 0 Å². The molecule has 2 aromatic rings. The third kappa shape index (κ3) is 7.26. The lowest BCUT2D eigenvalue weighted by atomic mass is 9.69. The largest absolute Gasteiger partial charge is 0.406 e. The molecule has 3 unspecified atom stereocenters. The van der Waals surface area contributed by atoms with Crippen LogP contribution in [0.5, 0.6) is 0 Å². The highest BCUT2D eigenvalue weighted by atomic mass is 19.4.